The standard InChI is InChI=1S/C5H10O5/c6-1-3-5(8)9-2-4(7)10-3/h3-8H,1-2H2/t3?,4-,5-/m0/s1. The van der Waals surface area contributed by atoms with Gasteiger partial charge in [0, 0.05) is 0 Å². The fourth-order valence-electron chi connectivity index (χ4n) is 0.730. The Morgan fingerprint density at radius 1 is 1.40 bits per heavy atom. The van der Waals surface area contributed by atoms with Crippen LogP contribution in [0.4, 0.5) is 0 Å². The molecule has 1 unspecified atom stereocenters. The van der Waals surface area contributed by atoms with Crippen molar-refractivity contribution < 1.29 is 24.8 Å². The molecule has 1 aliphatic heterocycles. The predicted molar refractivity (Wildman–Crippen MR) is 29.9 cm³/mol. The molecule has 0 radical (unpaired) electrons. The van der Waals surface area contributed by atoms with E-state index in [1.807, 2.05) is 0 Å². The monoisotopic (exact) mass is 150 g/mol. The largest absolute Gasteiger partial charge is 0.393 e. The Bertz CT molecular complexity index is 106. The summed E-state index contributed by atoms with van der Waals surface area (Å²) in [5.74, 6) is 0. The first kappa shape index (κ1) is 7.90. The van der Waals surface area contributed by atoms with Gasteiger partial charge in [-0.05, 0) is 0 Å². The van der Waals surface area contributed by atoms with Gasteiger partial charge in [-0.3, -0.25) is 0 Å². The van der Waals surface area contributed by atoms with E-state index in [0.717, 1.165) is 0 Å². The van der Waals surface area contributed by atoms with E-state index >= 15 is 0 Å². The highest BCUT2D eigenvalue weighted by Gasteiger charge is 2.28. The van der Waals surface area contributed by atoms with E-state index in [-0.39, 0.29) is 13.2 Å². The van der Waals surface area contributed by atoms with Crippen LogP contribution in [0.15, 0.2) is 0 Å². The van der Waals surface area contributed by atoms with Crippen molar-refractivity contribution in [2.24, 2.45) is 0 Å². The molecule has 1 heterocycles. The van der Waals surface area contributed by atoms with Crippen LogP contribution >= 0.6 is 0 Å². The maximum absolute atomic E-state index is 8.87. The lowest BCUT2D eigenvalue weighted by atomic mass is 10.3. The summed E-state index contributed by atoms with van der Waals surface area (Å²) in [7, 11) is 0. The minimum absolute atomic E-state index is 0.0579. The third-order valence-corrected chi connectivity index (χ3v) is 1.24. The van der Waals surface area contributed by atoms with Gasteiger partial charge in [0.2, 0.25) is 0 Å². The van der Waals surface area contributed by atoms with Crippen molar-refractivity contribution >= 4 is 0 Å². The summed E-state index contributed by atoms with van der Waals surface area (Å²) in [5.41, 5.74) is 0. The molecule has 0 aromatic heterocycles. The van der Waals surface area contributed by atoms with E-state index < -0.39 is 18.7 Å². The van der Waals surface area contributed by atoms with Gasteiger partial charge in [0.25, 0.3) is 0 Å². The first-order chi connectivity index (χ1) is 4.74. The van der Waals surface area contributed by atoms with Gasteiger partial charge in [0.1, 0.15) is 12.7 Å². The lowest BCUT2D eigenvalue weighted by molar-refractivity contribution is -0.304. The van der Waals surface area contributed by atoms with E-state index in [4.69, 9.17) is 15.3 Å². The molecule has 3 N–H and O–H groups in total. The SMILES string of the molecule is OCC1O[C@H](O)CO[C@@H]1O. The Morgan fingerprint density at radius 2 is 2.10 bits per heavy atom. The van der Waals surface area contributed by atoms with Gasteiger partial charge in [-0.1, -0.05) is 0 Å². The second-order valence-corrected chi connectivity index (χ2v) is 2.04. The quantitative estimate of drug-likeness (QED) is 0.404. The van der Waals surface area contributed by atoms with Crippen LogP contribution in [0, 0.1) is 0 Å². The Balaban J connectivity index is 2.38. The average molecular weight is 150 g/mol. The molecular formula is C5H10O5. The van der Waals surface area contributed by atoms with Crippen molar-refractivity contribution in [2.45, 2.75) is 18.7 Å². The highest BCUT2D eigenvalue weighted by atomic mass is 16.7. The number of aliphatic hydroxyl groups excluding tert-OH is 3. The highest BCUT2D eigenvalue weighted by Crippen LogP contribution is 2.10. The third-order valence-electron chi connectivity index (χ3n) is 1.24. The summed E-state index contributed by atoms with van der Waals surface area (Å²) in [6.07, 6.45) is -3.00. The van der Waals surface area contributed by atoms with Crippen LogP contribution in [0.3, 0.4) is 0 Å². The van der Waals surface area contributed by atoms with Crippen LogP contribution < -0.4 is 0 Å². The molecule has 0 spiro atoms. The normalized spacial score (nSPS) is 41.7. The Hall–Kier alpha value is -0.200. The number of aliphatic hydroxyl groups is 3. The van der Waals surface area contributed by atoms with Gasteiger partial charge >= 0.3 is 0 Å². The van der Waals surface area contributed by atoms with E-state index in [1.165, 1.54) is 0 Å². The summed E-state index contributed by atoms with van der Waals surface area (Å²) < 4.78 is 9.29. The summed E-state index contributed by atoms with van der Waals surface area (Å²) in [5, 5.41) is 26.1. The summed E-state index contributed by atoms with van der Waals surface area (Å²) in [6.45, 7) is -0.421. The second-order valence-electron chi connectivity index (χ2n) is 2.04. The van der Waals surface area contributed by atoms with Gasteiger partial charge in [-0.25, -0.2) is 0 Å². The Kier molecular flexibility index (Phi) is 2.58. The van der Waals surface area contributed by atoms with Crippen LogP contribution in [-0.4, -0.2) is 47.2 Å². The number of rotatable bonds is 1. The molecule has 1 fully saturated rings. The third kappa shape index (κ3) is 1.65. The minimum Gasteiger partial charge on any atom is -0.393 e. The molecule has 0 bridgehead atoms. The molecule has 0 aromatic rings. The van der Waals surface area contributed by atoms with Crippen molar-refractivity contribution in [3.63, 3.8) is 0 Å². The molecule has 5 nitrogen and oxygen atoms in total. The van der Waals surface area contributed by atoms with Crippen LogP contribution in [0.1, 0.15) is 0 Å². The van der Waals surface area contributed by atoms with Crippen molar-refractivity contribution in [1.29, 1.82) is 0 Å². The minimum atomic E-state index is -1.13. The van der Waals surface area contributed by atoms with Gasteiger partial charge < -0.3 is 24.8 Å². The van der Waals surface area contributed by atoms with E-state index in [1.54, 1.807) is 0 Å². The van der Waals surface area contributed by atoms with Crippen molar-refractivity contribution in [1.82, 2.24) is 0 Å². The lowest BCUT2D eigenvalue weighted by Crippen LogP contribution is -2.45. The molecule has 3 atom stereocenters. The molecular weight excluding hydrogens is 140 g/mol. The van der Waals surface area contributed by atoms with Gasteiger partial charge in [0.15, 0.2) is 12.6 Å². The van der Waals surface area contributed by atoms with Crippen LogP contribution in [0.25, 0.3) is 0 Å². The van der Waals surface area contributed by atoms with Gasteiger partial charge in [-0.15, -0.1) is 0 Å². The van der Waals surface area contributed by atoms with Crippen molar-refractivity contribution in [3.05, 3.63) is 0 Å². The first-order valence-electron chi connectivity index (χ1n) is 2.98. The predicted octanol–water partition coefficient (Wildman–Crippen LogP) is -1.97. The zero-order valence-electron chi connectivity index (χ0n) is 5.30. The van der Waals surface area contributed by atoms with E-state index in [9.17, 15) is 0 Å². The highest BCUT2D eigenvalue weighted by molar-refractivity contribution is 4.64. The zero-order chi connectivity index (χ0) is 7.56. The molecule has 0 aliphatic carbocycles. The summed E-state index contributed by atoms with van der Waals surface area (Å²) in [6, 6.07) is 0. The maximum Gasteiger partial charge on any atom is 0.183 e. The molecule has 1 saturated heterocycles. The molecule has 1 rings (SSSR count). The van der Waals surface area contributed by atoms with E-state index in [2.05, 4.69) is 9.47 Å². The Morgan fingerprint density at radius 3 is 2.60 bits per heavy atom. The molecule has 60 valence electrons. The molecule has 0 amide bonds. The number of ether oxygens (including phenoxy) is 2. The maximum atomic E-state index is 8.87. The zero-order valence-corrected chi connectivity index (χ0v) is 5.30. The Labute approximate surface area is 57.8 Å². The number of hydrogen-bond acceptors (Lipinski definition) is 5. The second kappa shape index (κ2) is 3.27. The fraction of sp³-hybridized carbons (Fsp3) is 1.00. The molecule has 10 heavy (non-hydrogen) atoms. The lowest BCUT2D eigenvalue weighted by Gasteiger charge is -2.29. The van der Waals surface area contributed by atoms with Crippen molar-refractivity contribution in [2.75, 3.05) is 13.2 Å². The number of hydrogen-bond donors (Lipinski definition) is 3. The average Bonchev–Trinajstić information content (AvgIpc) is 1.94. The molecule has 0 saturated carbocycles. The molecule has 1 aliphatic rings. The summed E-state index contributed by atoms with van der Waals surface area (Å²) >= 11 is 0. The van der Waals surface area contributed by atoms with Crippen LogP contribution in [0.2, 0.25) is 0 Å². The molecule has 5 heteroatoms. The fourth-order valence-corrected chi connectivity index (χ4v) is 0.730. The van der Waals surface area contributed by atoms with Gasteiger partial charge in [0.05, 0.1) is 6.61 Å². The first-order valence-corrected chi connectivity index (χ1v) is 2.98. The van der Waals surface area contributed by atoms with Crippen LogP contribution in [0.5, 0.6) is 0 Å². The van der Waals surface area contributed by atoms with Gasteiger partial charge in [-0.2, -0.15) is 0 Å². The van der Waals surface area contributed by atoms with Crippen LogP contribution in [-0.2, 0) is 9.47 Å². The summed E-state index contributed by atoms with van der Waals surface area (Å²) in [4.78, 5) is 0. The van der Waals surface area contributed by atoms with Crippen molar-refractivity contribution in [3.8, 4) is 0 Å². The van der Waals surface area contributed by atoms with E-state index in [0.29, 0.717) is 0 Å². The smallest absolute Gasteiger partial charge is 0.183 e. The molecule has 0 aromatic carbocycles. The topological polar surface area (TPSA) is 79.2 Å².